The van der Waals surface area contributed by atoms with Crippen LogP contribution in [0.15, 0.2) is 18.2 Å². The number of hydrogen-bond acceptors (Lipinski definition) is 5. The summed E-state index contributed by atoms with van der Waals surface area (Å²) in [6, 6.07) is 4.34. The molecule has 0 aliphatic carbocycles. The topological polar surface area (TPSA) is 73.6 Å². The molecular weight excluding hydrogens is 262 g/mol. The normalized spacial score (nSPS) is 10.5. The molecule has 0 spiro atoms. The van der Waals surface area contributed by atoms with E-state index in [-0.39, 0.29) is 24.5 Å². The number of halogens is 2. The number of nitrogens with zero attached hydrogens (tertiary/aromatic N) is 1. The lowest BCUT2D eigenvalue weighted by Gasteiger charge is -2.08. The SMILES string of the molecule is COc1ccc(NCCOCC(F)F)c([N+](=O)[O-])c1. The minimum atomic E-state index is -2.52. The Morgan fingerprint density at radius 1 is 1.47 bits per heavy atom. The first-order valence-corrected chi connectivity index (χ1v) is 5.46. The second kappa shape index (κ2) is 7.47. The quantitative estimate of drug-likeness (QED) is 0.448. The minimum Gasteiger partial charge on any atom is -0.496 e. The summed E-state index contributed by atoms with van der Waals surface area (Å²) in [5.41, 5.74) is 0.139. The zero-order chi connectivity index (χ0) is 14.3. The van der Waals surface area contributed by atoms with Gasteiger partial charge < -0.3 is 14.8 Å². The maximum absolute atomic E-state index is 11.8. The van der Waals surface area contributed by atoms with Gasteiger partial charge in [-0.05, 0) is 12.1 Å². The molecule has 1 aromatic rings. The molecule has 6 nitrogen and oxygen atoms in total. The van der Waals surface area contributed by atoms with Gasteiger partial charge in [0, 0.05) is 6.54 Å². The van der Waals surface area contributed by atoms with Crippen LogP contribution in [-0.4, -0.2) is 38.2 Å². The van der Waals surface area contributed by atoms with E-state index in [1.807, 2.05) is 0 Å². The van der Waals surface area contributed by atoms with Gasteiger partial charge in [-0.2, -0.15) is 0 Å². The summed E-state index contributed by atoms with van der Waals surface area (Å²) < 4.78 is 33.1. The monoisotopic (exact) mass is 276 g/mol. The molecule has 1 aromatic carbocycles. The van der Waals surface area contributed by atoms with E-state index in [1.54, 1.807) is 6.07 Å². The number of nitro groups is 1. The second-order valence-electron chi connectivity index (χ2n) is 3.53. The van der Waals surface area contributed by atoms with Gasteiger partial charge in [0.15, 0.2) is 0 Å². The summed E-state index contributed by atoms with van der Waals surface area (Å²) in [7, 11) is 1.41. The largest absolute Gasteiger partial charge is 0.496 e. The highest BCUT2D eigenvalue weighted by atomic mass is 19.3. The highest BCUT2D eigenvalue weighted by Crippen LogP contribution is 2.28. The van der Waals surface area contributed by atoms with Crippen LogP contribution in [0.1, 0.15) is 0 Å². The number of rotatable bonds is 8. The molecule has 0 unspecified atom stereocenters. The lowest BCUT2D eigenvalue weighted by molar-refractivity contribution is -0.384. The molecule has 8 heteroatoms. The first-order valence-electron chi connectivity index (χ1n) is 5.46. The molecule has 0 atom stereocenters. The smallest absolute Gasteiger partial charge is 0.296 e. The van der Waals surface area contributed by atoms with Crippen molar-refractivity contribution in [3.05, 3.63) is 28.3 Å². The third-order valence-corrected chi connectivity index (χ3v) is 2.21. The van der Waals surface area contributed by atoms with E-state index < -0.39 is 18.0 Å². The number of ether oxygens (including phenoxy) is 2. The predicted molar refractivity (Wildman–Crippen MR) is 65.0 cm³/mol. The van der Waals surface area contributed by atoms with Gasteiger partial charge in [-0.1, -0.05) is 0 Å². The summed E-state index contributed by atoms with van der Waals surface area (Å²) in [4.78, 5) is 10.3. The fourth-order valence-corrected chi connectivity index (χ4v) is 1.37. The number of anilines is 1. The van der Waals surface area contributed by atoms with Crippen LogP contribution in [-0.2, 0) is 4.74 Å². The molecule has 0 aliphatic heterocycles. The van der Waals surface area contributed by atoms with E-state index in [2.05, 4.69) is 10.1 Å². The lowest BCUT2D eigenvalue weighted by Crippen LogP contribution is -2.13. The number of benzene rings is 1. The molecular formula is C11H14F2N2O4. The highest BCUT2D eigenvalue weighted by Gasteiger charge is 2.14. The number of alkyl halides is 2. The van der Waals surface area contributed by atoms with Crippen LogP contribution < -0.4 is 10.1 Å². The van der Waals surface area contributed by atoms with Gasteiger partial charge in [-0.15, -0.1) is 0 Å². The Balaban J connectivity index is 2.55. The molecule has 1 N–H and O–H groups in total. The number of hydrogen-bond donors (Lipinski definition) is 1. The first-order chi connectivity index (χ1) is 9.04. The van der Waals surface area contributed by atoms with E-state index in [4.69, 9.17) is 4.74 Å². The van der Waals surface area contributed by atoms with Crippen molar-refractivity contribution in [1.29, 1.82) is 0 Å². The van der Waals surface area contributed by atoms with Crippen LogP contribution in [0, 0.1) is 10.1 Å². The molecule has 0 fully saturated rings. The van der Waals surface area contributed by atoms with Crippen LogP contribution in [0.4, 0.5) is 20.2 Å². The molecule has 0 amide bonds. The number of methoxy groups -OCH3 is 1. The van der Waals surface area contributed by atoms with Crippen molar-refractivity contribution in [3.8, 4) is 5.75 Å². The maximum atomic E-state index is 11.8. The van der Waals surface area contributed by atoms with Crippen LogP contribution in [0.2, 0.25) is 0 Å². The molecule has 0 aliphatic rings. The van der Waals surface area contributed by atoms with Crippen molar-refractivity contribution in [2.75, 3.05) is 32.2 Å². The zero-order valence-corrected chi connectivity index (χ0v) is 10.3. The summed E-state index contributed by atoms with van der Waals surface area (Å²) in [5.74, 6) is 0.367. The van der Waals surface area contributed by atoms with E-state index >= 15 is 0 Å². The molecule has 0 heterocycles. The molecule has 0 saturated carbocycles. The molecule has 0 radical (unpaired) electrons. The zero-order valence-electron chi connectivity index (χ0n) is 10.3. The van der Waals surface area contributed by atoms with Crippen LogP contribution in [0.5, 0.6) is 5.75 Å². The number of nitrogens with one attached hydrogen (secondary N) is 1. The second-order valence-corrected chi connectivity index (χ2v) is 3.53. The minimum absolute atomic E-state index is 0.0352. The average Bonchev–Trinajstić information content (AvgIpc) is 2.38. The standard InChI is InChI=1S/C11H14F2N2O4/c1-18-8-2-3-9(10(6-8)15(16)17)14-4-5-19-7-11(12)13/h2-3,6,11,14H,4-5,7H2,1H3. The van der Waals surface area contributed by atoms with Crippen molar-refractivity contribution < 1.29 is 23.2 Å². The highest BCUT2D eigenvalue weighted by molar-refractivity contribution is 5.63. The van der Waals surface area contributed by atoms with Gasteiger partial charge in [-0.25, -0.2) is 8.78 Å². The summed E-state index contributed by atoms with van der Waals surface area (Å²) in [5, 5.41) is 13.6. The molecule has 106 valence electrons. The first kappa shape index (κ1) is 15.1. The van der Waals surface area contributed by atoms with Crippen molar-refractivity contribution in [2.45, 2.75) is 6.43 Å². The number of nitro benzene ring substituents is 1. The summed E-state index contributed by atoms with van der Waals surface area (Å²) in [6.07, 6.45) is -2.52. The van der Waals surface area contributed by atoms with Gasteiger partial charge >= 0.3 is 0 Å². The fraction of sp³-hybridized carbons (Fsp3) is 0.455. The summed E-state index contributed by atoms with van der Waals surface area (Å²) >= 11 is 0. The van der Waals surface area contributed by atoms with Gasteiger partial charge in [0.05, 0.1) is 24.7 Å². The van der Waals surface area contributed by atoms with Gasteiger partial charge in [-0.3, -0.25) is 10.1 Å². The molecule has 0 aromatic heterocycles. The van der Waals surface area contributed by atoms with Crippen molar-refractivity contribution in [1.82, 2.24) is 0 Å². The Morgan fingerprint density at radius 3 is 2.79 bits per heavy atom. The van der Waals surface area contributed by atoms with Crippen molar-refractivity contribution in [2.24, 2.45) is 0 Å². The van der Waals surface area contributed by atoms with E-state index in [0.29, 0.717) is 5.75 Å². The van der Waals surface area contributed by atoms with Crippen LogP contribution in [0.25, 0.3) is 0 Å². The van der Waals surface area contributed by atoms with Crippen molar-refractivity contribution >= 4 is 11.4 Å². The average molecular weight is 276 g/mol. The Morgan fingerprint density at radius 2 is 2.21 bits per heavy atom. The Labute approximate surface area is 108 Å². The van der Waals surface area contributed by atoms with Gasteiger partial charge in [0.2, 0.25) is 0 Å². The fourth-order valence-electron chi connectivity index (χ4n) is 1.37. The van der Waals surface area contributed by atoms with E-state index in [1.165, 1.54) is 19.2 Å². The lowest BCUT2D eigenvalue weighted by atomic mass is 10.2. The van der Waals surface area contributed by atoms with Crippen molar-refractivity contribution in [3.63, 3.8) is 0 Å². The summed E-state index contributed by atoms with van der Waals surface area (Å²) in [6.45, 7) is -0.417. The Hall–Kier alpha value is -1.96. The maximum Gasteiger partial charge on any atom is 0.296 e. The molecule has 19 heavy (non-hydrogen) atoms. The Kier molecular flexibility index (Phi) is 5.94. The third-order valence-electron chi connectivity index (χ3n) is 2.21. The predicted octanol–water partition coefficient (Wildman–Crippen LogP) is 2.30. The third kappa shape index (κ3) is 5.04. The molecule has 1 rings (SSSR count). The van der Waals surface area contributed by atoms with Crippen LogP contribution in [0.3, 0.4) is 0 Å². The van der Waals surface area contributed by atoms with E-state index in [9.17, 15) is 18.9 Å². The van der Waals surface area contributed by atoms with Gasteiger partial charge in [0.25, 0.3) is 12.1 Å². The van der Waals surface area contributed by atoms with Gasteiger partial charge in [0.1, 0.15) is 18.0 Å². The van der Waals surface area contributed by atoms with Crippen LogP contribution >= 0.6 is 0 Å². The molecule has 0 saturated heterocycles. The Bertz CT molecular complexity index is 429. The van der Waals surface area contributed by atoms with E-state index in [0.717, 1.165) is 0 Å². The molecule has 0 bridgehead atoms.